The molecular weight excluding hydrogens is 430 g/mol. The maximum Gasteiger partial charge on any atom is 0.231 e. The number of ether oxygens (including phenoxy) is 1. The molecule has 2 aliphatic heterocycles. The van der Waals surface area contributed by atoms with Crippen LogP contribution in [-0.2, 0) is 14.0 Å². The lowest BCUT2D eigenvalue weighted by Crippen LogP contribution is -2.49. The number of hydrogen-bond donors (Lipinski definition) is 0. The summed E-state index contributed by atoms with van der Waals surface area (Å²) in [6.45, 7) is 18.7. The van der Waals surface area contributed by atoms with Gasteiger partial charge in [-0.2, -0.15) is 0 Å². The number of rotatable bonds is 9. The van der Waals surface area contributed by atoms with Crippen LogP contribution in [0, 0.1) is 5.92 Å². The molecule has 2 heterocycles. The highest BCUT2D eigenvalue weighted by Gasteiger charge is 2.45. The third-order valence-corrected chi connectivity index (χ3v) is 14.2. The van der Waals surface area contributed by atoms with Crippen LogP contribution < -0.4 is 0 Å². The second kappa shape index (κ2) is 11.1. The van der Waals surface area contributed by atoms with Crippen LogP contribution in [0.15, 0.2) is 12.2 Å². The van der Waals surface area contributed by atoms with E-state index in [1.807, 2.05) is 11.0 Å². The first-order valence-electron chi connectivity index (χ1n) is 11.5. The summed E-state index contributed by atoms with van der Waals surface area (Å²) in [5.74, 6) is 1.37. The Labute approximate surface area is 194 Å². The standard InChI is InChI=1S/C23H41NO3S2Si/c1-15(2)21-14-29-23(28)24(21)22(25)12-19-10-9-11-20(27-19)13-26-30(16(3)4,17(5)6)18(7)8/h9-10,15-21H,11-14H2,1-8H3/t19-,20-,21+/m0/s1. The van der Waals surface area contributed by atoms with Crippen LogP contribution in [0.2, 0.25) is 16.6 Å². The highest BCUT2D eigenvalue weighted by Crippen LogP contribution is 2.42. The SMILES string of the molecule is CC(C)[C@H]1CSC(=S)N1C(=O)C[C@@H]1C=CC[C@@H](CO[Si](C(C)C)(C(C)C)C(C)C)O1. The lowest BCUT2D eigenvalue weighted by molar-refractivity contribution is -0.132. The van der Waals surface area contributed by atoms with Crippen LogP contribution in [0.4, 0.5) is 0 Å². The van der Waals surface area contributed by atoms with Gasteiger partial charge in [-0.3, -0.25) is 9.69 Å². The van der Waals surface area contributed by atoms with Crippen molar-refractivity contribution in [1.29, 1.82) is 0 Å². The Kier molecular flexibility index (Phi) is 9.62. The second-order valence-corrected chi connectivity index (χ2v) is 17.1. The Bertz CT molecular complexity index is 614. The summed E-state index contributed by atoms with van der Waals surface area (Å²) in [6, 6.07) is 0.191. The van der Waals surface area contributed by atoms with Crippen LogP contribution in [-0.4, -0.2) is 54.1 Å². The Morgan fingerprint density at radius 2 is 1.80 bits per heavy atom. The molecule has 0 aromatic carbocycles. The van der Waals surface area contributed by atoms with E-state index in [4.69, 9.17) is 21.4 Å². The molecule has 0 spiro atoms. The van der Waals surface area contributed by atoms with E-state index in [-0.39, 0.29) is 24.2 Å². The first-order valence-corrected chi connectivity index (χ1v) is 15.0. The van der Waals surface area contributed by atoms with Gasteiger partial charge in [-0.25, -0.2) is 0 Å². The molecule has 0 aromatic rings. The van der Waals surface area contributed by atoms with Gasteiger partial charge in [0.15, 0.2) is 8.32 Å². The van der Waals surface area contributed by atoms with Gasteiger partial charge in [0.05, 0.1) is 25.2 Å². The molecule has 0 radical (unpaired) electrons. The molecule has 0 unspecified atom stereocenters. The number of carbonyl (C=O) groups is 1. The molecule has 1 amide bonds. The number of hydrogen-bond acceptors (Lipinski definition) is 5. The molecule has 1 fully saturated rings. The van der Waals surface area contributed by atoms with Crippen molar-refractivity contribution in [3.63, 3.8) is 0 Å². The van der Waals surface area contributed by atoms with Crippen molar-refractivity contribution in [2.24, 2.45) is 5.92 Å². The van der Waals surface area contributed by atoms with Gasteiger partial charge in [-0.1, -0.05) is 91.5 Å². The molecule has 0 aliphatic carbocycles. The van der Waals surface area contributed by atoms with Crippen molar-refractivity contribution in [1.82, 2.24) is 4.90 Å². The van der Waals surface area contributed by atoms with Crippen LogP contribution in [0.25, 0.3) is 0 Å². The van der Waals surface area contributed by atoms with E-state index < -0.39 is 8.32 Å². The molecule has 3 atom stereocenters. The molecule has 2 rings (SSSR count). The highest BCUT2D eigenvalue weighted by atomic mass is 32.2. The molecule has 2 aliphatic rings. The molecule has 30 heavy (non-hydrogen) atoms. The van der Waals surface area contributed by atoms with Gasteiger partial charge >= 0.3 is 0 Å². The molecule has 172 valence electrons. The Balaban J connectivity index is 1.99. The van der Waals surface area contributed by atoms with E-state index in [0.29, 0.717) is 39.9 Å². The molecule has 4 nitrogen and oxygen atoms in total. The van der Waals surface area contributed by atoms with E-state index in [2.05, 4.69) is 61.5 Å². The van der Waals surface area contributed by atoms with E-state index in [1.54, 1.807) is 11.8 Å². The largest absolute Gasteiger partial charge is 0.413 e. The summed E-state index contributed by atoms with van der Waals surface area (Å²) in [5.41, 5.74) is 1.65. The van der Waals surface area contributed by atoms with Crippen molar-refractivity contribution in [3.8, 4) is 0 Å². The number of amides is 1. The van der Waals surface area contributed by atoms with Crippen molar-refractivity contribution >= 4 is 42.5 Å². The van der Waals surface area contributed by atoms with Gasteiger partial charge in [-0.05, 0) is 29.0 Å². The van der Waals surface area contributed by atoms with E-state index in [9.17, 15) is 4.79 Å². The summed E-state index contributed by atoms with van der Waals surface area (Å²) in [7, 11) is -1.92. The average molecular weight is 472 g/mol. The highest BCUT2D eigenvalue weighted by molar-refractivity contribution is 8.23. The van der Waals surface area contributed by atoms with Crippen LogP contribution in [0.1, 0.15) is 68.2 Å². The van der Waals surface area contributed by atoms with Crippen LogP contribution in [0.5, 0.6) is 0 Å². The molecule has 0 bridgehead atoms. The maximum absolute atomic E-state index is 13.0. The minimum atomic E-state index is -1.92. The van der Waals surface area contributed by atoms with Crippen molar-refractivity contribution in [2.45, 2.75) is 103 Å². The van der Waals surface area contributed by atoms with Gasteiger partial charge in [0.2, 0.25) is 5.91 Å². The van der Waals surface area contributed by atoms with Gasteiger partial charge < -0.3 is 9.16 Å². The summed E-state index contributed by atoms with van der Waals surface area (Å²) in [5, 5.41) is 0. The number of nitrogens with zero attached hydrogens (tertiary/aromatic N) is 1. The third-order valence-electron chi connectivity index (χ3n) is 6.66. The minimum absolute atomic E-state index is 0.0109. The fourth-order valence-corrected chi connectivity index (χ4v) is 12.3. The quantitative estimate of drug-likeness (QED) is 0.228. The molecule has 7 heteroatoms. The van der Waals surface area contributed by atoms with E-state index >= 15 is 0 Å². The fraction of sp³-hybridized carbons (Fsp3) is 0.826. The van der Waals surface area contributed by atoms with E-state index in [0.717, 1.165) is 12.2 Å². The monoisotopic (exact) mass is 471 g/mol. The summed E-state index contributed by atoms with van der Waals surface area (Å²) < 4.78 is 13.7. The van der Waals surface area contributed by atoms with E-state index in [1.165, 1.54) is 0 Å². The smallest absolute Gasteiger partial charge is 0.231 e. The number of thiocarbonyl (C=S) groups is 1. The Hall–Kier alpha value is -0.213. The Morgan fingerprint density at radius 3 is 2.33 bits per heavy atom. The molecule has 0 saturated carbocycles. The van der Waals surface area contributed by atoms with Gasteiger partial charge in [0, 0.05) is 11.8 Å². The lowest BCUT2D eigenvalue weighted by Gasteiger charge is -2.43. The summed E-state index contributed by atoms with van der Waals surface area (Å²) in [6.07, 6.45) is 5.18. The molecule has 0 N–H and O–H groups in total. The normalized spacial score (nSPS) is 25.4. The lowest BCUT2D eigenvalue weighted by atomic mass is 10.0. The van der Waals surface area contributed by atoms with Crippen molar-refractivity contribution < 1.29 is 14.0 Å². The molecule has 0 aromatic heterocycles. The summed E-state index contributed by atoms with van der Waals surface area (Å²) in [4.78, 5) is 14.8. The topological polar surface area (TPSA) is 38.8 Å². The first kappa shape index (κ1) is 26.0. The zero-order valence-electron chi connectivity index (χ0n) is 20.0. The second-order valence-electron chi connectivity index (χ2n) is 9.95. The summed E-state index contributed by atoms with van der Waals surface area (Å²) >= 11 is 7.07. The molecular formula is C23H41NO3S2Si. The Morgan fingerprint density at radius 1 is 1.20 bits per heavy atom. The third kappa shape index (κ3) is 5.77. The predicted molar refractivity (Wildman–Crippen MR) is 135 cm³/mol. The predicted octanol–water partition coefficient (Wildman–Crippen LogP) is 6.17. The first-order chi connectivity index (χ1) is 14.0. The maximum atomic E-state index is 13.0. The fourth-order valence-electron chi connectivity index (χ4n) is 5.17. The van der Waals surface area contributed by atoms with Gasteiger partial charge in [-0.15, -0.1) is 0 Å². The zero-order valence-corrected chi connectivity index (χ0v) is 22.6. The van der Waals surface area contributed by atoms with Gasteiger partial charge in [0.25, 0.3) is 0 Å². The van der Waals surface area contributed by atoms with Gasteiger partial charge in [0.1, 0.15) is 4.32 Å². The minimum Gasteiger partial charge on any atom is -0.413 e. The number of carbonyl (C=O) groups excluding carboxylic acids is 1. The zero-order chi connectivity index (χ0) is 22.6. The number of thioether (sulfide) groups is 1. The average Bonchev–Trinajstić information content (AvgIpc) is 3.03. The molecule has 1 saturated heterocycles. The van der Waals surface area contributed by atoms with Crippen LogP contribution >= 0.6 is 24.0 Å². The van der Waals surface area contributed by atoms with Crippen molar-refractivity contribution in [3.05, 3.63) is 12.2 Å². The van der Waals surface area contributed by atoms with Crippen molar-refractivity contribution in [2.75, 3.05) is 12.4 Å². The van der Waals surface area contributed by atoms with Crippen LogP contribution in [0.3, 0.4) is 0 Å².